The van der Waals surface area contributed by atoms with E-state index in [2.05, 4.69) is 11.2 Å². The number of hydrogen-bond donors (Lipinski definition) is 0. The second kappa shape index (κ2) is 7.44. The minimum absolute atomic E-state index is 0.000628. The Hall–Kier alpha value is -2.19. The van der Waals surface area contributed by atoms with Crippen molar-refractivity contribution in [2.45, 2.75) is 63.2 Å². The lowest BCUT2D eigenvalue weighted by atomic mass is 9.63. The second-order valence-electron chi connectivity index (χ2n) is 8.09. The molecule has 5 heteroatoms. The van der Waals surface area contributed by atoms with Crippen LogP contribution in [0.5, 0.6) is 0 Å². The second-order valence-corrected chi connectivity index (χ2v) is 8.09. The van der Waals surface area contributed by atoms with Crippen molar-refractivity contribution in [1.29, 1.82) is 5.26 Å². The van der Waals surface area contributed by atoms with Crippen LogP contribution in [-0.4, -0.2) is 28.5 Å². The first-order valence-corrected chi connectivity index (χ1v) is 10.1. The average Bonchev–Trinajstić information content (AvgIpc) is 2.92. The molecule has 4 rings (SSSR count). The fraction of sp³-hybridized carbons (Fsp3) is 0.591. The topological polar surface area (TPSA) is 63.7 Å². The zero-order valence-electron chi connectivity index (χ0n) is 16.4. The van der Waals surface area contributed by atoms with Crippen LogP contribution >= 0.6 is 0 Å². The highest BCUT2D eigenvalue weighted by atomic mass is 16.5. The van der Waals surface area contributed by atoms with Gasteiger partial charge in [0, 0.05) is 49.2 Å². The smallest absolute Gasteiger partial charge is 0.102 e. The Balaban J connectivity index is 1.95. The number of nitriles is 1. The normalized spacial score (nSPS) is 18.3. The van der Waals surface area contributed by atoms with E-state index in [0.29, 0.717) is 6.61 Å². The molecule has 0 unspecified atom stereocenters. The van der Waals surface area contributed by atoms with Crippen LogP contribution in [0, 0.1) is 11.3 Å². The van der Waals surface area contributed by atoms with Gasteiger partial charge in [-0.2, -0.15) is 10.4 Å². The van der Waals surface area contributed by atoms with Crippen LogP contribution in [0.4, 0.5) is 0 Å². The van der Waals surface area contributed by atoms with Gasteiger partial charge in [-0.1, -0.05) is 12.8 Å². The van der Waals surface area contributed by atoms with Gasteiger partial charge in [0.15, 0.2) is 0 Å². The summed E-state index contributed by atoms with van der Waals surface area (Å²) >= 11 is 0. The maximum atomic E-state index is 10.2. The molecule has 0 aromatic carbocycles. The molecule has 2 aliphatic carbocycles. The molecule has 2 aromatic heterocycles. The number of aromatic nitrogens is 3. The highest BCUT2D eigenvalue weighted by Crippen LogP contribution is 2.49. The number of methoxy groups -OCH3 is 1. The Morgan fingerprint density at radius 1 is 1.22 bits per heavy atom. The first kappa shape index (κ1) is 18.2. The number of pyridine rings is 1. The first-order valence-electron chi connectivity index (χ1n) is 10.1. The Labute approximate surface area is 161 Å². The largest absolute Gasteiger partial charge is 0.385 e. The molecule has 142 valence electrons. The van der Waals surface area contributed by atoms with Crippen LogP contribution in [0.2, 0.25) is 0 Å². The van der Waals surface area contributed by atoms with Crippen LogP contribution in [0.15, 0.2) is 12.4 Å². The summed E-state index contributed by atoms with van der Waals surface area (Å²) in [6.07, 6.45) is 13.9. The Kier molecular flexibility index (Phi) is 5.01. The molecule has 0 N–H and O–H groups in total. The van der Waals surface area contributed by atoms with Gasteiger partial charge in [-0.3, -0.25) is 9.67 Å². The minimum Gasteiger partial charge on any atom is -0.385 e. The van der Waals surface area contributed by atoms with Crippen molar-refractivity contribution < 1.29 is 4.74 Å². The van der Waals surface area contributed by atoms with Crippen molar-refractivity contribution in [3.05, 3.63) is 34.9 Å². The first-order chi connectivity index (χ1) is 13.2. The molecule has 27 heavy (non-hydrogen) atoms. The van der Waals surface area contributed by atoms with E-state index < -0.39 is 0 Å². The lowest BCUT2D eigenvalue weighted by Crippen LogP contribution is -2.38. The molecule has 0 radical (unpaired) electrons. The molecule has 0 atom stereocenters. The summed E-state index contributed by atoms with van der Waals surface area (Å²) in [5.74, 6) is 0. The van der Waals surface area contributed by atoms with Crippen molar-refractivity contribution >= 4 is 0 Å². The van der Waals surface area contributed by atoms with Gasteiger partial charge in [0.05, 0.1) is 17.5 Å². The van der Waals surface area contributed by atoms with Crippen molar-refractivity contribution in [1.82, 2.24) is 14.8 Å². The van der Waals surface area contributed by atoms with Crippen LogP contribution in [0.25, 0.3) is 11.1 Å². The predicted octanol–water partition coefficient (Wildman–Crippen LogP) is 4.08. The van der Waals surface area contributed by atoms with E-state index in [1.54, 1.807) is 7.11 Å². The van der Waals surface area contributed by atoms with E-state index in [1.807, 2.05) is 24.1 Å². The van der Waals surface area contributed by atoms with Gasteiger partial charge in [0.25, 0.3) is 0 Å². The molecule has 1 saturated carbocycles. The highest BCUT2D eigenvalue weighted by molar-refractivity contribution is 5.75. The van der Waals surface area contributed by atoms with E-state index >= 15 is 0 Å². The van der Waals surface area contributed by atoms with E-state index in [4.69, 9.17) is 9.72 Å². The summed E-state index contributed by atoms with van der Waals surface area (Å²) in [7, 11) is 3.69. The van der Waals surface area contributed by atoms with Crippen LogP contribution in [0.1, 0.15) is 67.5 Å². The zero-order valence-corrected chi connectivity index (χ0v) is 16.4. The molecular formula is C22H28N4O. The number of rotatable bonds is 5. The number of ether oxygens (including phenoxy) is 1. The Morgan fingerprint density at radius 3 is 2.67 bits per heavy atom. The third-order valence-electron chi connectivity index (χ3n) is 6.43. The summed E-state index contributed by atoms with van der Waals surface area (Å²) < 4.78 is 7.22. The van der Waals surface area contributed by atoms with Crippen molar-refractivity contribution in [2.75, 3.05) is 13.7 Å². The maximum absolute atomic E-state index is 10.2. The van der Waals surface area contributed by atoms with Gasteiger partial charge < -0.3 is 4.74 Å². The predicted molar refractivity (Wildman–Crippen MR) is 104 cm³/mol. The molecule has 0 spiro atoms. The number of aryl methyl sites for hydroxylation is 2. The standard InChI is InChI=1S/C22H28N4O/c1-26-15-16(14-24-26)20-17-7-4-3-5-8-19(17)25-21(18(20)13-23)22(9-6-10-22)11-12-27-2/h14-15H,3-12H2,1-2H3. The molecule has 0 amide bonds. The van der Waals surface area contributed by atoms with Gasteiger partial charge in [-0.05, 0) is 50.5 Å². The van der Waals surface area contributed by atoms with Crippen molar-refractivity contribution in [3.63, 3.8) is 0 Å². The molecule has 0 bridgehead atoms. The fourth-order valence-electron chi connectivity index (χ4n) is 4.79. The maximum Gasteiger partial charge on any atom is 0.102 e. The van der Waals surface area contributed by atoms with Crippen LogP contribution < -0.4 is 0 Å². The highest BCUT2D eigenvalue weighted by Gasteiger charge is 2.43. The number of hydrogen-bond acceptors (Lipinski definition) is 4. The van der Waals surface area contributed by atoms with Gasteiger partial charge >= 0.3 is 0 Å². The summed E-state index contributed by atoms with van der Waals surface area (Å²) in [5, 5.41) is 14.6. The van der Waals surface area contributed by atoms with Gasteiger partial charge in [-0.25, -0.2) is 0 Å². The molecule has 5 nitrogen and oxygen atoms in total. The van der Waals surface area contributed by atoms with E-state index in [1.165, 1.54) is 36.9 Å². The average molecular weight is 364 g/mol. The van der Waals surface area contributed by atoms with Crippen LogP contribution in [-0.2, 0) is 30.0 Å². The summed E-state index contributed by atoms with van der Waals surface area (Å²) in [4.78, 5) is 5.18. The van der Waals surface area contributed by atoms with E-state index in [9.17, 15) is 5.26 Å². The van der Waals surface area contributed by atoms with Crippen LogP contribution in [0.3, 0.4) is 0 Å². The number of nitrogens with zero attached hydrogens (tertiary/aromatic N) is 4. The Bertz CT molecular complexity index is 873. The van der Waals surface area contributed by atoms with Gasteiger partial charge in [0.1, 0.15) is 6.07 Å². The summed E-state index contributed by atoms with van der Waals surface area (Å²) in [5.41, 5.74) is 6.44. The molecular weight excluding hydrogens is 336 g/mol. The Morgan fingerprint density at radius 2 is 2.04 bits per heavy atom. The molecule has 0 saturated heterocycles. The minimum atomic E-state index is -0.000628. The summed E-state index contributed by atoms with van der Waals surface area (Å²) in [6.45, 7) is 0.714. The molecule has 2 aromatic rings. The lowest BCUT2D eigenvalue weighted by Gasteiger charge is -2.42. The molecule has 2 aliphatic rings. The molecule has 0 aliphatic heterocycles. The zero-order chi connectivity index (χ0) is 18.9. The number of fused-ring (bicyclic) bond motifs is 1. The fourth-order valence-corrected chi connectivity index (χ4v) is 4.79. The SMILES string of the molecule is COCCC1(c2nc3c(c(-c4cnn(C)c4)c2C#N)CCCCC3)CCC1. The molecule has 2 heterocycles. The van der Waals surface area contributed by atoms with Gasteiger partial charge in [0.2, 0.25) is 0 Å². The van der Waals surface area contributed by atoms with Crippen molar-refractivity contribution in [3.8, 4) is 17.2 Å². The quantitative estimate of drug-likeness (QED) is 0.750. The third-order valence-corrected chi connectivity index (χ3v) is 6.43. The van der Waals surface area contributed by atoms with Crippen molar-refractivity contribution in [2.24, 2.45) is 7.05 Å². The van der Waals surface area contributed by atoms with Gasteiger partial charge in [-0.15, -0.1) is 0 Å². The lowest BCUT2D eigenvalue weighted by molar-refractivity contribution is 0.126. The van der Waals surface area contributed by atoms with E-state index in [0.717, 1.165) is 54.5 Å². The molecule has 1 fully saturated rings. The monoisotopic (exact) mass is 364 g/mol. The van der Waals surface area contributed by atoms with E-state index in [-0.39, 0.29) is 5.41 Å². The third kappa shape index (κ3) is 3.17. The summed E-state index contributed by atoms with van der Waals surface area (Å²) in [6, 6.07) is 2.55.